The lowest BCUT2D eigenvalue weighted by molar-refractivity contribution is 0.322. The van der Waals surface area contributed by atoms with E-state index in [0.717, 1.165) is 17.5 Å². The predicted octanol–water partition coefficient (Wildman–Crippen LogP) is 4.12. The third-order valence-electron chi connectivity index (χ3n) is 4.78. The Hall–Kier alpha value is -3.93. The second kappa shape index (κ2) is 7.24. The molecular weight excluding hydrogens is 366 g/mol. The molecule has 4 heterocycles. The van der Waals surface area contributed by atoms with E-state index in [1.54, 1.807) is 30.9 Å². The van der Waals surface area contributed by atoms with Crippen molar-refractivity contribution >= 4 is 16.5 Å². The topological polar surface area (TPSA) is 69.6 Å². The molecule has 5 aromatic rings. The van der Waals surface area contributed by atoms with Gasteiger partial charge in [-0.05, 0) is 54.1 Å². The second-order valence-electron chi connectivity index (χ2n) is 6.70. The van der Waals surface area contributed by atoms with E-state index in [9.17, 15) is 4.79 Å². The van der Waals surface area contributed by atoms with Gasteiger partial charge in [-0.1, -0.05) is 0 Å². The first kappa shape index (κ1) is 17.2. The van der Waals surface area contributed by atoms with Crippen LogP contribution in [0.25, 0.3) is 27.9 Å². The number of pyridine rings is 1. The minimum absolute atomic E-state index is 0.127. The van der Waals surface area contributed by atoms with E-state index >= 15 is 0 Å². The summed E-state index contributed by atoms with van der Waals surface area (Å²) < 4.78 is 13.7. The van der Waals surface area contributed by atoms with Crippen LogP contribution in [0.5, 0.6) is 5.75 Å². The van der Waals surface area contributed by atoms with Crippen molar-refractivity contribution in [1.82, 2.24) is 14.4 Å². The quantitative estimate of drug-likeness (QED) is 0.457. The zero-order valence-electron chi connectivity index (χ0n) is 15.5. The molecule has 0 saturated heterocycles. The van der Waals surface area contributed by atoms with E-state index in [-0.39, 0.29) is 5.43 Å². The first-order valence-electron chi connectivity index (χ1n) is 9.29. The molecule has 0 bridgehead atoms. The van der Waals surface area contributed by atoms with Crippen LogP contribution >= 0.6 is 0 Å². The second-order valence-corrected chi connectivity index (χ2v) is 6.70. The van der Waals surface area contributed by atoms with Crippen molar-refractivity contribution in [1.29, 1.82) is 0 Å². The Morgan fingerprint density at radius 1 is 1.03 bits per heavy atom. The summed E-state index contributed by atoms with van der Waals surface area (Å²) in [5.41, 5.74) is 3.13. The van der Waals surface area contributed by atoms with Crippen LogP contribution in [0.1, 0.15) is 5.56 Å². The van der Waals surface area contributed by atoms with Gasteiger partial charge in [-0.25, -0.2) is 4.98 Å². The highest BCUT2D eigenvalue weighted by atomic mass is 16.5. The standard InChI is InChI=1S/C23H17N3O3/c27-21-14-23(20-12-17-2-1-10-26(17)15-25-20)29-22-4-3-18(13-19(21)22)28-11-7-16-5-8-24-9-6-16/h1-6,8-10,12-15H,7,11H2. The Balaban J connectivity index is 1.41. The largest absolute Gasteiger partial charge is 0.493 e. The lowest BCUT2D eigenvalue weighted by atomic mass is 10.2. The van der Waals surface area contributed by atoms with Crippen LogP contribution in [0, 0.1) is 0 Å². The van der Waals surface area contributed by atoms with Gasteiger partial charge in [0.25, 0.3) is 0 Å². The van der Waals surface area contributed by atoms with E-state index in [4.69, 9.17) is 9.15 Å². The first-order valence-corrected chi connectivity index (χ1v) is 9.29. The smallest absolute Gasteiger partial charge is 0.193 e. The van der Waals surface area contributed by atoms with Crippen molar-refractivity contribution in [3.05, 3.63) is 95.3 Å². The van der Waals surface area contributed by atoms with Crippen molar-refractivity contribution in [3.63, 3.8) is 0 Å². The predicted molar refractivity (Wildman–Crippen MR) is 110 cm³/mol. The van der Waals surface area contributed by atoms with Crippen LogP contribution in [0.15, 0.2) is 88.7 Å². The SMILES string of the molecule is O=c1cc(-c2cc3cccn3cn2)oc2ccc(OCCc3ccncc3)cc12. The summed E-state index contributed by atoms with van der Waals surface area (Å²) >= 11 is 0. The number of ether oxygens (including phenoxy) is 1. The highest BCUT2D eigenvalue weighted by Gasteiger charge is 2.10. The van der Waals surface area contributed by atoms with Crippen LogP contribution in [-0.4, -0.2) is 21.0 Å². The fraction of sp³-hybridized carbons (Fsp3) is 0.0870. The van der Waals surface area contributed by atoms with Crippen molar-refractivity contribution in [2.45, 2.75) is 6.42 Å². The lowest BCUT2D eigenvalue weighted by Gasteiger charge is -2.08. The van der Waals surface area contributed by atoms with Crippen LogP contribution in [-0.2, 0) is 6.42 Å². The molecule has 0 saturated carbocycles. The van der Waals surface area contributed by atoms with Gasteiger partial charge in [-0.3, -0.25) is 9.78 Å². The van der Waals surface area contributed by atoms with Gasteiger partial charge in [0.05, 0.1) is 18.3 Å². The minimum atomic E-state index is -0.127. The molecular formula is C23H17N3O3. The molecule has 0 aliphatic carbocycles. The summed E-state index contributed by atoms with van der Waals surface area (Å²) in [4.78, 5) is 21.1. The van der Waals surface area contributed by atoms with Gasteiger partial charge < -0.3 is 13.6 Å². The summed E-state index contributed by atoms with van der Waals surface area (Å²) in [5, 5.41) is 0.485. The Morgan fingerprint density at radius 3 is 2.83 bits per heavy atom. The maximum absolute atomic E-state index is 12.7. The Labute approximate surface area is 166 Å². The molecule has 5 rings (SSSR count). The molecule has 0 aliphatic heterocycles. The van der Waals surface area contributed by atoms with Gasteiger partial charge in [0.2, 0.25) is 0 Å². The monoisotopic (exact) mass is 383 g/mol. The van der Waals surface area contributed by atoms with Crippen LogP contribution in [0.2, 0.25) is 0 Å². The summed E-state index contributed by atoms with van der Waals surface area (Å²) in [5.74, 6) is 1.08. The average molecular weight is 383 g/mol. The van der Waals surface area contributed by atoms with E-state index in [0.29, 0.717) is 34.8 Å². The van der Waals surface area contributed by atoms with Gasteiger partial charge in [-0.2, -0.15) is 0 Å². The zero-order valence-corrected chi connectivity index (χ0v) is 15.5. The Morgan fingerprint density at radius 2 is 1.93 bits per heavy atom. The number of hydrogen-bond acceptors (Lipinski definition) is 5. The lowest BCUT2D eigenvalue weighted by Crippen LogP contribution is -2.04. The van der Waals surface area contributed by atoms with E-state index in [2.05, 4.69) is 9.97 Å². The average Bonchev–Trinajstić information content (AvgIpc) is 3.23. The van der Waals surface area contributed by atoms with Gasteiger partial charge in [0.1, 0.15) is 17.0 Å². The molecule has 0 aliphatic rings. The molecule has 0 spiro atoms. The van der Waals surface area contributed by atoms with Crippen molar-refractivity contribution in [2.24, 2.45) is 0 Å². The summed E-state index contributed by atoms with van der Waals surface area (Å²) in [6.45, 7) is 0.514. The molecule has 0 amide bonds. The van der Waals surface area contributed by atoms with Crippen LogP contribution in [0.4, 0.5) is 0 Å². The van der Waals surface area contributed by atoms with Crippen molar-refractivity contribution < 1.29 is 9.15 Å². The van der Waals surface area contributed by atoms with E-state index in [1.165, 1.54) is 6.07 Å². The minimum Gasteiger partial charge on any atom is -0.493 e. The molecule has 29 heavy (non-hydrogen) atoms. The molecule has 0 atom stereocenters. The number of hydrogen-bond donors (Lipinski definition) is 0. The van der Waals surface area contributed by atoms with Crippen LogP contribution < -0.4 is 10.2 Å². The molecule has 6 heteroatoms. The fourth-order valence-corrected chi connectivity index (χ4v) is 3.26. The Kier molecular flexibility index (Phi) is 4.29. The number of fused-ring (bicyclic) bond motifs is 2. The summed E-state index contributed by atoms with van der Waals surface area (Å²) in [7, 11) is 0. The van der Waals surface area contributed by atoms with Gasteiger partial charge >= 0.3 is 0 Å². The van der Waals surface area contributed by atoms with Gasteiger partial charge in [0, 0.05) is 36.6 Å². The number of aromatic nitrogens is 3. The van der Waals surface area contributed by atoms with Gasteiger partial charge in [0.15, 0.2) is 11.2 Å². The third-order valence-corrected chi connectivity index (χ3v) is 4.78. The molecule has 0 fully saturated rings. The van der Waals surface area contributed by atoms with Gasteiger partial charge in [-0.15, -0.1) is 0 Å². The summed E-state index contributed by atoms with van der Waals surface area (Å²) in [6.07, 6.45) is 7.91. The third kappa shape index (κ3) is 3.48. The highest BCUT2D eigenvalue weighted by molar-refractivity contribution is 5.80. The number of benzene rings is 1. The molecule has 0 radical (unpaired) electrons. The molecule has 0 N–H and O–H groups in total. The van der Waals surface area contributed by atoms with Crippen molar-refractivity contribution in [3.8, 4) is 17.2 Å². The number of nitrogens with zero attached hydrogens (tertiary/aromatic N) is 3. The van der Waals surface area contributed by atoms with E-state index in [1.807, 2.05) is 47.0 Å². The number of rotatable bonds is 5. The highest BCUT2D eigenvalue weighted by Crippen LogP contribution is 2.24. The first-order chi connectivity index (χ1) is 14.3. The molecule has 4 aromatic heterocycles. The maximum atomic E-state index is 12.7. The molecule has 6 nitrogen and oxygen atoms in total. The summed E-state index contributed by atoms with van der Waals surface area (Å²) in [6, 6.07) is 16.5. The zero-order chi connectivity index (χ0) is 19.6. The molecule has 142 valence electrons. The van der Waals surface area contributed by atoms with Crippen molar-refractivity contribution in [2.75, 3.05) is 6.61 Å². The Bertz CT molecular complexity index is 1360. The fourth-order valence-electron chi connectivity index (χ4n) is 3.26. The van der Waals surface area contributed by atoms with E-state index < -0.39 is 0 Å². The normalized spacial score (nSPS) is 11.2. The molecule has 1 aromatic carbocycles. The van der Waals surface area contributed by atoms with Crippen LogP contribution in [0.3, 0.4) is 0 Å². The maximum Gasteiger partial charge on any atom is 0.193 e. The molecule has 0 unspecified atom stereocenters.